The smallest absolute Gasteiger partial charge is 0.362 e. The van der Waals surface area contributed by atoms with Gasteiger partial charge in [-0.1, -0.05) is 215 Å². The fourth-order valence-corrected chi connectivity index (χ4v) is 7.74. The number of esters is 2. The molecule has 0 aliphatic heterocycles. The van der Waals surface area contributed by atoms with E-state index in [0.717, 1.165) is 70.6 Å². The van der Waals surface area contributed by atoms with Gasteiger partial charge in [-0.05, 0) is 64.2 Å². The molecule has 8 nitrogen and oxygen atoms in total. The Morgan fingerprint density at radius 1 is 0.470 bits per heavy atom. The van der Waals surface area contributed by atoms with Crippen LogP contribution in [0, 0.1) is 0 Å². The predicted octanol–water partition coefficient (Wildman–Crippen LogP) is 15.9. The van der Waals surface area contributed by atoms with Crippen LogP contribution in [0.2, 0.25) is 0 Å². The minimum absolute atomic E-state index is 0.0421. The van der Waals surface area contributed by atoms with Crippen LogP contribution >= 0.6 is 0 Å². The van der Waals surface area contributed by atoms with Crippen molar-refractivity contribution in [3.63, 3.8) is 0 Å². The van der Waals surface area contributed by atoms with Crippen LogP contribution in [0.3, 0.4) is 0 Å². The molecule has 0 saturated heterocycles. The van der Waals surface area contributed by atoms with E-state index in [9.17, 15) is 19.5 Å². The number of carboxylic acids is 1. The van der Waals surface area contributed by atoms with E-state index >= 15 is 0 Å². The van der Waals surface area contributed by atoms with E-state index in [1.807, 2.05) is 21.1 Å². The summed E-state index contributed by atoms with van der Waals surface area (Å²) in [5, 5.41) is 9.66. The lowest BCUT2D eigenvalue weighted by molar-refractivity contribution is -0.887. The first-order valence-corrected chi connectivity index (χ1v) is 27.0. The van der Waals surface area contributed by atoms with Gasteiger partial charge in [-0.15, -0.1) is 0 Å². The second-order valence-corrected chi connectivity index (χ2v) is 19.1. The lowest BCUT2D eigenvalue weighted by atomic mass is 10.0. The van der Waals surface area contributed by atoms with Gasteiger partial charge in [0.2, 0.25) is 0 Å². The standard InChI is InChI=1S/C58H101NO7/c1-6-8-10-12-14-16-18-20-22-24-26-28-30-32-34-36-38-40-42-44-46-48-56(60)65-53-54(52-64-51-50-55(58(62)63)59(3,4)5)66-57(61)49-47-45-43-41-39-37-35-33-31-29-27-25-23-21-19-17-15-13-11-9-7-2/h9,11,15,17,21,23,27,29,33,35,39,41,54-55H,6-8,10,12-14,16,18-20,22,24-26,28,30-32,34,36-38,40,42-53H2,1-5H3/p+1/b11-9+,17-15+,23-21+,29-27+,35-33+,41-39+. The highest BCUT2D eigenvalue weighted by Gasteiger charge is 2.31. The molecule has 0 aromatic carbocycles. The quantitative estimate of drug-likeness (QED) is 0.0281. The number of hydrogen-bond acceptors (Lipinski definition) is 6. The van der Waals surface area contributed by atoms with Gasteiger partial charge >= 0.3 is 17.9 Å². The Labute approximate surface area is 406 Å². The van der Waals surface area contributed by atoms with Crippen LogP contribution < -0.4 is 0 Å². The van der Waals surface area contributed by atoms with Crippen LogP contribution in [0.4, 0.5) is 0 Å². The van der Waals surface area contributed by atoms with Crippen LogP contribution in [0.5, 0.6) is 0 Å². The topological polar surface area (TPSA) is 99.1 Å². The van der Waals surface area contributed by atoms with E-state index < -0.39 is 18.1 Å². The second kappa shape index (κ2) is 48.2. The second-order valence-electron chi connectivity index (χ2n) is 19.1. The van der Waals surface area contributed by atoms with Gasteiger partial charge in [-0.25, -0.2) is 4.79 Å². The van der Waals surface area contributed by atoms with Crippen LogP contribution in [0.1, 0.15) is 226 Å². The molecule has 0 heterocycles. The molecule has 2 atom stereocenters. The van der Waals surface area contributed by atoms with Crippen molar-refractivity contribution in [2.75, 3.05) is 41.0 Å². The first-order chi connectivity index (χ1) is 32.1. The molecule has 0 rings (SSSR count). The number of nitrogens with zero attached hydrogens (tertiary/aromatic N) is 1. The van der Waals surface area contributed by atoms with Crippen molar-refractivity contribution in [3.8, 4) is 0 Å². The monoisotopic (exact) mass is 925 g/mol. The maximum Gasteiger partial charge on any atom is 0.362 e. The van der Waals surface area contributed by atoms with Gasteiger partial charge in [-0.2, -0.15) is 0 Å². The Bertz CT molecular complexity index is 1310. The van der Waals surface area contributed by atoms with Crippen molar-refractivity contribution in [1.82, 2.24) is 0 Å². The molecule has 66 heavy (non-hydrogen) atoms. The summed E-state index contributed by atoms with van der Waals surface area (Å²) in [6.07, 6.45) is 62.5. The molecular formula is C58H102NO7+. The van der Waals surface area contributed by atoms with Gasteiger partial charge < -0.3 is 23.8 Å². The number of hydrogen-bond donors (Lipinski definition) is 1. The number of quaternary nitrogens is 1. The molecule has 8 heteroatoms. The number of carbonyl (C=O) groups excluding carboxylic acids is 2. The fourth-order valence-electron chi connectivity index (χ4n) is 7.74. The molecule has 0 saturated carbocycles. The zero-order valence-corrected chi connectivity index (χ0v) is 43.4. The fraction of sp³-hybridized carbons (Fsp3) is 0.741. The van der Waals surface area contributed by atoms with Gasteiger partial charge in [0.1, 0.15) is 6.61 Å². The van der Waals surface area contributed by atoms with Crippen LogP contribution in [0.15, 0.2) is 72.9 Å². The molecular weight excluding hydrogens is 823 g/mol. The highest BCUT2D eigenvalue weighted by molar-refractivity contribution is 5.72. The normalized spacial score (nSPS) is 13.4. The lowest BCUT2D eigenvalue weighted by Gasteiger charge is -2.31. The number of unbranched alkanes of at least 4 members (excludes halogenated alkanes) is 22. The average Bonchev–Trinajstić information content (AvgIpc) is 3.28. The molecule has 0 aromatic rings. The van der Waals surface area contributed by atoms with E-state index in [1.54, 1.807) is 0 Å². The van der Waals surface area contributed by atoms with Crippen molar-refractivity contribution in [2.24, 2.45) is 0 Å². The Morgan fingerprint density at radius 3 is 1.26 bits per heavy atom. The van der Waals surface area contributed by atoms with E-state index in [-0.39, 0.29) is 42.7 Å². The Hall–Kier alpha value is -3.23. The number of aliphatic carboxylic acids is 1. The zero-order chi connectivity index (χ0) is 48.4. The summed E-state index contributed by atoms with van der Waals surface area (Å²) in [6.45, 7) is 4.60. The van der Waals surface area contributed by atoms with Crippen molar-refractivity contribution in [1.29, 1.82) is 0 Å². The Kier molecular flexibility index (Phi) is 45.9. The number of likely N-dealkylation sites (N-methyl/N-ethyl adjacent to an activating group) is 1. The average molecular weight is 925 g/mol. The summed E-state index contributed by atoms with van der Waals surface area (Å²) in [5.41, 5.74) is 0. The number of ether oxygens (including phenoxy) is 3. The molecule has 0 bridgehead atoms. The van der Waals surface area contributed by atoms with Gasteiger partial charge in [0.25, 0.3) is 0 Å². The predicted molar refractivity (Wildman–Crippen MR) is 280 cm³/mol. The highest BCUT2D eigenvalue weighted by atomic mass is 16.6. The molecule has 0 spiro atoms. The van der Waals surface area contributed by atoms with E-state index in [4.69, 9.17) is 14.2 Å². The lowest BCUT2D eigenvalue weighted by Crippen LogP contribution is -2.50. The summed E-state index contributed by atoms with van der Waals surface area (Å²) in [4.78, 5) is 37.2. The van der Waals surface area contributed by atoms with E-state index in [1.165, 1.54) is 116 Å². The number of carbonyl (C=O) groups is 3. The first-order valence-electron chi connectivity index (χ1n) is 27.0. The summed E-state index contributed by atoms with van der Waals surface area (Å²) in [5.74, 6) is -1.52. The molecule has 0 radical (unpaired) electrons. The number of allylic oxidation sites excluding steroid dienone is 12. The molecule has 1 N–H and O–H groups in total. The minimum Gasteiger partial charge on any atom is -0.477 e. The maximum absolute atomic E-state index is 12.8. The minimum atomic E-state index is -0.882. The van der Waals surface area contributed by atoms with Crippen molar-refractivity contribution in [2.45, 2.75) is 238 Å². The number of rotatable bonds is 48. The third-order valence-electron chi connectivity index (χ3n) is 11.9. The largest absolute Gasteiger partial charge is 0.477 e. The van der Waals surface area contributed by atoms with Crippen molar-refractivity contribution in [3.05, 3.63) is 72.9 Å². The summed E-state index contributed by atoms with van der Waals surface area (Å²) >= 11 is 0. The molecule has 0 amide bonds. The van der Waals surface area contributed by atoms with E-state index in [2.05, 4.69) is 86.8 Å². The maximum atomic E-state index is 12.8. The van der Waals surface area contributed by atoms with Gasteiger partial charge in [0, 0.05) is 19.3 Å². The molecule has 0 fully saturated rings. The SMILES string of the molecule is CC/C=C/C/C=C/C/C=C/C/C=C/C/C=C/C/C=C/CCCCC(=O)OC(COCCC(C(=O)O)[N+](C)(C)C)COC(=O)CCCCCCCCCCCCCCCCCCCCCCC. The Morgan fingerprint density at radius 2 is 0.848 bits per heavy atom. The molecule has 0 aromatic heterocycles. The first kappa shape index (κ1) is 62.8. The third-order valence-corrected chi connectivity index (χ3v) is 11.9. The Balaban J connectivity index is 4.29. The summed E-state index contributed by atoms with van der Waals surface area (Å²) in [6, 6.07) is -0.626. The van der Waals surface area contributed by atoms with Gasteiger partial charge in [-0.3, -0.25) is 9.59 Å². The third kappa shape index (κ3) is 45.9. The zero-order valence-electron chi connectivity index (χ0n) is 43.4. The summed E-state index contributed by atoms with van der Waals surface area (Å²) < 4.78 is 17.3. The summed E-state index contributed by atoms with van der Waals surface area (Å²) in [7, 11) is 5.52. The highest BCUT2D eigenvalue weighted by Crippen LogP contribution is 2.16. The molecule has 0 aliphatic rings. The van der Waals surface area contributed by atoms with Gasteiger partial charge in [0.15, 0.2) is 12.1 Å². The van der Waals surface area contributed by atoms with Crippen LogP contribution in [0.25, 0.3) is 0 Å². The van der Waals surface area contributed by atoms with Crippen molar-refractivity contribution >= 4 is 17.9 Å². The van der Waals surface area contributed by atoms with Crippen molar-refractivity contribution < 1.29 is 38.2 Å². The van der Waals surface area contributed by atoms with Gasteiger partial charge in [0.05, 0.1) is 34.4 Å². The van der Waals surface area contributed by atoms with Crippen LogP contribution in [-0.4, -0.2) is 80.6 Å². The molecule has 0 aliphatic carbocycles. The molecule has 380 valence electrons. The van der Waals surface area contributed by atoms with E-state index in [0.29, 0.717) is 19.3 Å². The number of carboxylic acid groups (broad SMARTS) is 1. The molecule has 2 unspecified atom stereocenters. The van der Waals surface area contributed by atoms with Crippen LogP contribution in [-0.2, 0) is 28.6 Å².